The molecule has 6 heteroatoms. The molecule has 2 heterocycles. The van der Waals surface area contributed by atoms with Gasteiger partial charge in [0.05, 0.1) is 6.04 Å². The van der Waals surface area contributed by atoms with Gasteiger partial charge in [0.25, 0.3) is 5.91 Å². The first-order valence-electron chi connectivity index (χ1n) is 6.77. The zero-order chi connectivity index (χ0) is 13.9. The fourth-order valence-electron chi connectivity index (χ4n) is 2.39. The van der Waals surface area contributed by atoms with Crippen molar-refractivity contribution >= 4 is 11.6 Å². The largest absolute Gasteiger partial charge is 0.385 e. The standard InChI is InChI=1S/C14H17N5O/c1-9(13-16-8-17-19-13)18-14(20)11-4-5-12-10(7-11)3-2-6-15-12/h4-5,7-9,15H,2-3,6H2,1H3,(H,18,20)(H,16,17,19). The minimum absolute atomic E-state index is 0.0951. The number of anilines is 1. The van der Waals surface area contributed by atoms with Gasteiger partial charge in [0.2, 0.25) is 0 Å². The summed E-state index contributed by atoms with van der Waals surface area (Å²) in [6.07, 6.45) is 3.55. The number of amides is 1. The highest BCUT2D eigenvalue weighted by Gasteiger charge is 2.16. The maximum atomic E-state index is 12.2. The molecule has 1 atom stereocenters. The monoisotopic (exact) mass is 271 g/mol. The van der Waals surface area contributed by atoms with Crippen LogP contribution in [0.5, 0.6) is 0 Å². The number of carbonyl (C=O) groups is 1. The summed E-state index contributed by atoms with van der Waals surface area (Å²) in [5.41, 5.74) is 3.02. The van der Waals surface area contributed by atoms with Crippen LogP contribution in [-0.2, 0) is 6.42 Å². The van der Waals surface area contributed by atoms with Crippen molar-refractivity contribution in [1.82, 2.24) is 20.5 Å². The quantitative estimate of drug-likeness (QED) is 0.792. The van der Waals surface area contributed by atoms with Crippen molar-refractivity contribution in [3.05, 3.63) is 41.5 Å². The van der Waals surface area contributed by atoms with Crippen molar-refractivity contribution < 1.29 is 4.79 Å². The van der Waals surface area contributed by atoms with E-state index in [9.17, 15) is 4.79 Å². The Balaban J connectivity index is 1.74. The normalized spacial score (nSPS) is 15.1. The van der Waals surface area contributed by atoms with Gasteiger partial charge in [-0.25, -0.2) is 4.98 Å². The smallest absolute Gasteiger partial charge is 0.251 e. The average molecular weight is 271 g/mol. The van der Waals surface area contributed by atoms with Crippen LogP contribution in [0.2, 0.25) is 0 Å². The number of hydrogen-bond acceptors (Lipinski definition) is 4. The van der Waals surface area contributed by atoms with E-state index in [0.29, 0.717) is 11.4 Å². The van der Waals surface area contributed by atoms with Crippen LogP contribution in [0.4, 0.5) is 5.69 Å². The van der Waals surface area contributed by atoms with E-state index in [4.69, 9.17) is 0 Å². The van der Waals surface area contributed by atoms with Crippen LogP contribution in [0.15, 0.2) is 24.5 Å². The number of H-pyrrole nitrogens is 1. The number of hydrogen-bond donors (Lipinski definition) is 3. The van der Waals surface area contributed by atoms with E-state index in [1.54, 1.807) is 0 Å². The van der Waals surface area contributed by atoms with Gasteiger partial charge >= 0.3 is 0 Å². The SMILES string of the molecule is CC(NC(=O)c1ccc2c(c1)CCCN2)c1ncn[nH]1. The van der Waals surface area contributed by atoms with Crippen molar-refractivity contribution in [2.75, 3.05) is 11.9 Å². The van der Waals surface area contributed by atoms with Crippen molar-refractivity contribution in [2.45, 2.75) is 25.8 Å². The molecule has 1 aliphatic rings. The van der Waals surface area contributed by atoms with Gasteiger partial charge in [-0.05, 0) is 43.5 Å². The highest BCUT2D eigenvalue weighted by molar-refractivity contribution is 5.95. The summed E-state index contributed by atoms with van der Waals surface area (Å²) >= 11 is 0. The molecule has 0 spiro atoms. The number of aromatic amines is 1. The van der Waals surface area contributed by atoms with Crippen LogP contribution in [0.25, 0.3) is 0 Å². The third kappa shape index (κ3) is 2.49. The Hall–Kier alpha value is -2.37. The minimum atomic E-state index is -0.195. The predicted molar refractivity (Wildman–Crippen MR) is 75.5 cm³/mol. The van der Waals surface area contributed by atoms with Gasteiger partial charge in [0.15, 0.2) is 0 Å². The molecule has 1 aromatic carbocycles. The summed E-state index contributed by atoms with van der Waals surface area (Å²) in [5, 5.41) is 12.8. The van der Waals surface area contributed by atoms with Crippen LogP contribution < -0.4 is 10.6 Å². The zero-order valence-electron chi connectivity index (χ0n) is 11.3. The molecule has 3 N–H and O–H groups in total. The van der Waals surface area contributed by atoms with Gasteiger partial charge in [0.1, 0.15) is 12.2 Å². The lowest BCUT2D eigenvalue weighted by molar-refractivity contribution is 0.0938. The molecular weight excluding hydrogens is 254 g/mol. The summed E-state index contributed by atoms with van der Waals surface area (Å²) in [4.78, 5) is 16.3. The molecular formula is C14H17N5O. The van der Waals surface area contributed by atoms with E-state index in [-0.39, 0.29) is 11.9 Å². The lowest BCUT2D eigenvalue weighted by Gasteiger charge is -2.19. The van der Waals surface area contributed by atoms with Gasteiger partial charge in [-0.1, -0.05) is 0 Å². The summed E-state index contributed by atoms with van der Waals surface area (Å²) in [5.74, 6) is 0.556. The van der Waals surface area contributed by atoms with Crippen LogP contribution in [0.1, 0.15) is 41.1 Å². The topological polar surface area (TPSA) is 82.7 Å². The number of nitrogens with one attached hydrogen (secondary N) is 3. The third-order valence-corrected chi connectivity index (χ3v) is 3.50. The Morgan fingerprint density at radius 3 is 3.15 bits per heavy atom. The minimum Gasteiger partial charge on any atom is -0.385 e. The molecule has 0 aliphatic carbocycles. The van der Waals surface area contributed by atoms with E-state index in [1.807, 2.05) is 25.1 Å². The van der Waals surface area contributed by atoms with Gasteiger partial charge in [-0.15, -0.1) is 0 Å². The zero-order valence-corrected chi connectivity index (χ0v) is 11.3. The average Bonchev–Trinajstić information content (AvgIpc) is 3.01. The van der Waals surface area contributed by atoms with Gasteiger partial charge in [-0.3, -0.25) is 9.89 Å². The molecule has 0 radical (unpaired) electrons. The first-order chi connectivity index (χ1) is 9.74. The van der Waals surface area contributed by atoms with E-state index >= 15 is 0 Å². The maximum Gasteiger partial charge on any atom is 0.251 e. The highest BCUT2D eigenvalue weighted by Crippen LogP contribution is 2.23. The van der Waals surface area contributed by atoms with E-state index in [1.165, 1.54) is 11.9 Å². The Kier molecular flexibility index (Phi) is 3.37. The number of nitrogens with zero attached hydrogens (tertiary/aromatic N) is 2. The summed E-state index contributed by atoms with van der Waals surface area (Å²) in [6.45, 7) is 2.87. The molecule has 1 unspecified atom stereocenters. The number of rotatable bonds is 3. The molecule has 0 fully saturated rings. The van der Waals surface area contributed by atoms with Gasteiger partial charge in [-0.2, -0.15) is 5.10 Å². The van der Waals surface area contributed by atoms with Gasteiger partial charge in [0, 0.05) is 17.8 Å². The number of benzene rings is 1. The fourth-order valence-corrected chi connectivity index (χ4v) is 2.39. The maximum absolute atomic E-state index is 12.2. The van der Waals surface area contributed by atoms with Crippen molar-refractivity contribution in [3.8, 4) is 0 Å². The Morgan fingerprint density at radius 2 is 2.35 bits per heavy atom. The van der Waals surface area contributed by atoms with Crippen molar-refractivity contribution in [1.29, 1.82) is 0 Å². The molecule has 1 aliphatic heterocycles. The number of fused-ring (bicyclic) bond motifs is 1. The highest BCUT2D eigenvalue weighted by atomic mass is 16.1. The first-order valence-corrected chi connectivity index (χ1v) is 6.77. The predicted octanol–water partition coefficient (Wildman–Crippen LogP) is 1.65. The Morgan fingerprint density at radius 1 is 1.45 bits per heavy atom. The van der Waals surface area contributed by atoms with Crippen LogP contribution in [0.3, 0.4) is 0 Å². The molecule has 1 amide bonds. The second-order valence-corrected chi connectivity index (χ2v) is 4.97. The number of aryl methyl sites for hydroxylation is 1. The number of carbonyl (C=O) groups excluding carboxylic acids is 1. The van der Waals surface area contributed by atoms with Crippen LogP contribution in [0, 0.1) is 0 Å². The van der Waals surface area contributed by atoms with Crippen LogP contribution >= 0.6 is 0 Å². The molecule has 6 nitrogen and oxygen atoms in total. The first kappa shape index (κ1) is 12.7. The lowest BCUT2D eigenvalue weighted by atomic mass is 10.0. The third-order valence-electron chi connectivity index (χ3n) is 3.50. The molecule has 0 saturated heterocycles. The summed E-state index contributed by atoms with van der Waals surface area (Å²) in [7, 11) is 0. The fraction of sp³-hybridized carbons (Fsp3) is 0.357. The van der Waals surface area contributed by atoms with E-state index in [0.717, 1.165) is 25.1 Å². The van der Waals surface area contributed by atoms with E-state index in [2.05, 4.69) is 25.8 Å². The Bertz CT molecular complexity index is 608. The molecule has 0 saturated carbocycles. The second-order valence-electron chi connectivity index (χ2n) is 4.97. The van der Waals surface area contributed by atoms with Crippen molar-refractivity contribution in [3.63, 3.8) is 0 Å². The van der Waals surface area contributed by atoms with Gasteiger partial charge < -0.3 is 10.6 Å². The molecule has 104 valence electrons. The van der Waals surface area contributed by atoms with Crippen molar-refractivity contribution in [2.24, 2.45) is 0 Å². The lowest BCUT2D eigenvalue weighted by Crippen LogP contribution is -2.27. The molecule has 3 rings (SSSR count). The summed E-state index contributed by atoms with van der Waals surface area (Å²) < 4.78 is 0. The number of aromatic nitrogens is 3. The van der Waals surface area contributed by atoms with E-state index < -0.39 is 0 Å². The molecule has 0 bridgehead atoms. The Labute approximate surface area is 117 Å². The molecule has 1 aromatic heterocycles. The molecule has 20 heavy (non-hydrogen) atoms. The molecule has 2 aromatic rings. The van der Waals surface area contributed by atoms with Crippen LogP contribution in [-0.4, -0.2) is 27.6 Å². The summed E-state index contributed by atoms with van der Waals surface area (Å²) in [6, 6.07) is 5.59. The second kappa shape index (κ2) is 5.32.